The number of piperidine rings is 1. The monoisotopic (exact) mass is 197 g/mol. The van der Waals surface area contributed by atoms with Gasteiger partial charge in [-0.3, -0.25) is 0 Å². The van der Waals surface area contributed by atoms with E-state index in [4.69, 9.17) is 0 Å². The molecule has 1 saturated heterocycles. The van der Waals surface area contributed by atoms with Gasteiger partial charge in [0, 0.05) is 0 Å². The van der Waals surface area contributed by atoms with Crippen molar-refractivity contribution in [3.8, 4) is 0 Å². The summed E-state index contributed by atoms with van der Waals surface area (Å²) in [6, 6.07) is 0. The molecule has 0 amide bonds. The van der Waals surface area contributed by atoms with Gasteiger partial charge in [0.1, 0.15) is 0 Å². The molecule has 2 rings (SSSR count). The molecule has 1 aliphatic carbocycles. The first kappa shape index (κ1) is 10.4. The summed E-state index contributed by atoms with van der Waals surface area (Å²) >= 11 is 0. The second-order valence-corrected chi connectivity index (χ2v) is 5.18. The minimum atomic E-state index is -0.326. The summed E-state index contributed by atoms with van der Waals surface area (Å²) in [6.45, 7) is 2.01. The first-order valence-electron chi connectivity index (χ1n) is 6.22. The van der Waals surface area contributed by atoms with Crippen molar-refractivity contribution in [2.24, 2.45) is 5.92 Å². The van der Waals surface area contributed by atoms with E-state index in [0.717, 1.165) is 38.3 Å². The summed E-state index contributed by atoms with van der Waals surface area (Å²) < 4.78 is 0. The fourth-order valence-corrected chi connectivity index (χ4v) is 3.02. The Morgan fingerprint density at radius 3 is 2.36 bits per heavy atom. The zero-order valence-corrected chi connectivity index (χ0v) is 9.10. The van der Waals surface area contributed by atoms with Gasteiger partial charge in [0.05, 0.1) is 5.60 Å². The summed E-state index contributed by atoms with van der Waals surface area (Å²) in [6.07, 6.45) is 9.89. The summed E-state index contributed by atoms with van der Waals surface area (Å²) in [7, 11) is 0. The predicted octanol–water partition coefficient (Wildman–Crippen LogP) is 2.07. The van der Waals surface area contributed by atoms with Gasteiger partial charge in [0.15, 0.2) is 0 Å². The van der Waals surface area contributed by atoms with Crippen molar-refractivity contribution in [2.75, 3.05) is 13.1 Å². The second-order valence-electron chi connectivity index (χ2n) is 5.18. The molecule has 82 valence electrons. The highest BCUT2D eigenvalue weighted by Crippen LogP contribution is 2.34. The third kappa shape index (κ3) is 2.71. The zero-order valence-electron chi connectivity index (χ0n) is 9.10. The molecule has 0 aromatic rings. The third-order valence-corrected chi connectivity index (χ3v) is 3.93. The van der Waals surface area contributed by atoms with Crippen molar-refractivity contribution < 1.29 is 5.11 Å². The molecular weight excluding hydrogens is 174 g/mol. The summed E-state index contributed by atoms with van der Waals surface area (Å²) in [5, 5.41) is 13.7. The first-order valence-corrected chi connectivity index (χ1v) is 6.22. The predicted molar refractivity (Wildman–Crippen MR) is 58.2 cm³/mol. The molecule has 0 radical (unpaired) electrons. The lowest BCUT2D eigenvalue weighted by molar-refractivity contribution is -0.0160. The highest BCUT2D eigenvalue weighted by Gasteiger charge is 2.32. The van der Waals surface area contributed by atoms with Crippen LogP contribution in [0.25, 0.3) is 0 Å². The van der Waals surface area contributed by atoms with E-state index in [9.17, 15) is 5.11 Å². The number of hydrogen-bond acceptors (Lipinski definition) is 2. The maximum atomic E-state index is 10.4. The quantitative estimate of drug-likeness (QED) is 0.710. The van der Waals surface area contributed by atoms with Crippen LogP contribution in [0.1, 0.15) is 51.4 Å². The SMILES string of the molecule is OC1(CC2CCCCC2)CCNCC1. The molecular formula is C12H23NO. The molecule has 2 fully saturated rings. The molecule has 0 spiro atoms. The number of aliphatic hydroxyl groups is 1. The van der Waals surface area contributed by atoms with Crippen LogP contribution in [-0.2, 0) is 0 Å². The Kier molecular flexibility index (Phi) is 3.45. The maximum Gasteiger partial charge on any atom is 0.0674 e. The fourth-order valence-electron chi connectivity index (χ4n) is 3.02. The van der Waals surface area contributed by atoms with Crippen LogP contribution in [0.4, 0.5) is 0 Å². The van der Waals surface area contributed by atoms with Crippen LogP contribution in [0.5, 0.6) is 0 Å². The van der Waals surface area contributed by atoms with E-state index in [0.29, 0.717) is 0 Å². The lowest BCUT2D eigenvalue weighted by Crippen LogP contribution is -2.43. The van der Waals surface area contributed by atoms with Crippen molar-refractivity contribution in [2.45, 2.75) is 57.0 Å². The van der Waals surface area contributed by atoms with Crippen LogP contribution in [-0.4, -0.2) is 23.8 Å². The fraction of sp³-hybridized carbons (Fsp3) is 1.00. The molecule has 0 atom stereocenters. The van der Waals surface area contributed by atoms with Gasteiger partial charge in [-0.1, -0.05) is 32.1 Å². The van der Waals surface area contributed by atoms with Gasteiger partial charge < -0.3 is 10.4 Å². The van der Waals surface area contributed by atoms with E-state index in [1.807, 2.05) is 0 Å². The molecule has 1 aliphatic heterocycles. The van der Waals surface area contributed by atoms with E-state index < -0.39 is 0 Å². The van der Waals surface area contributed by atoms with Crippen LogP contribution < -0.4 is 5.32 Å². The van der Waals surface area contributed by atoms with Gasteiger partial charge in [-0.25, -0.2) is 0 Å². The average Bonchev–Trinajstić information content (AvgIpc) is 2.19. The molecule has 14 heavy (non-hydrogen) atoms. The lowest BCUT2D eigenvalue weighted by atomic mass is 9.77. The topological polar surface area (TPSA) is 32.3 Å². The third-order valence-electron chi connectivity index (χ3n) is 3.93. The molecule has 2 nitrogen and oxygen atoms in total. The standard InChI is InChI=1S/C12H23NO/c14-12(6-8-13-9-7-12)10-11-4-2-1-3-5-11/h11,13-14H,1-10H2. The molecule has 0 aromatic carbocycles. The summed E-state index contributed by atoms with van der Waals surface area (Å²) in [5.74, 6) is 0.812. The summed E-state index contributed by atoms with van der Waals surface area (Å²) in [4.78, 5) is 0. The van der Waals surface area contributed by atoms with Gasteiger partial charge in [-0.15, -0.1) is 0 Å². The van der Waals surface area contributed by atoms with Crippen molar-refractivity contribution >= 4 is 0 Å². The molecule has 0 aromatic heterocycles. The van der Waals surface area contributed by atoms with Crippen LogP contribution >= 0.6 is 0 Å². The van der Waals surface area contributed by atoms with Crippen molar-refractivity contribution in [3.63, 3.8) is 0 Å². The van der Waals surface area contributed by atoms with Gasteiger partial charge in [-0.05, 0) is 38.3 Å². The van der Waals surface area contributed by atoms with E-state index in [2.05, 4.69) is 5.32 Å². The van der Waals surface area contributed by atoms with Crippen LogP contribution in [0.2, 0.25) is 0 Å². The average molecular weight is 197 g/mol. The van der Waals surface area contributed by atoms with Crippen LogP contribution in [0, 0.1) is 5.92 Å². The van der Waals surface area contributed by atoms with E-state index in [-0.39, 0.29) is 5.60 Å². The molecule has 2 heteroatoms. The van der Waals surface area contributed by atoms with E-state index in [1.165, 1.54) is 32.1 Å². The molecule has 1 saturated carbocycles. The largest absolute Gasteiger partial charge is 0.390 e. The van der Waals surface area contributed by atoms with Gasteiger partial charge in [0.2, 0.25) is 0 Å². The van der Waals surface area contributed by atoms with Crippen LogP contribution in [0.15, 0.2) is 0 Å². The van der Waals surface area contributed by atoms with Gasteiger partial charge >= 0.3 is 0 Å². The van der Waals surface area contributed by atoms with Crippen molar-refractivity contribution in [3.05, 3.63) is 0 Å². The normalized spacial score (nSPS) is 28.9. The van der Waals surface area contributed by atoms with Crippen LogP contribution in [0.3, 0.4) is 0 Å². The minimum absolute atomic E-state index is 0.326. The minimum Gasteiger partial charge on any atom is -0.390 e. The number of nitrogens with one attached hydrogen (secondary N) is 1. The Hall–Kier alpha value is -0.0800. The Morgan fingerprint density at radius 1 is 1.07 bits per heavy atom. The summed E-state index contributed by atoms with van der Waals surface area (Å²) in [5.41, 5.74) is -0.326. The Balaban J connectivity index is 1.81. The number of hydrogen-bond donors (Lipinski definition) is 2. The van der Waals surface area contributed by atoms with E-state index in [1.54, 1.807) is 0 Å². The molecule has 2 N–H and O–H groups in total. The smallest absolute Gasteiger partial charge is 0.0674 e. The molecule has 0 unspecified atom stereocenters. The maximum absolute atomic E-state index is 10.4. The lowest BCUT2D eigenvalue weighted by Gasteiger charge is -2.36. The first-order chi connectivity index (χ1) is 6.79. The Morgan fingerprint density at radius 2 is 1.71 bits per heavy atom. The molecule has 0 bridgehead atoms. The highest BCUT2D eigenvalue weighted by molar-refractivity contribution is 4.87. The van der Waals surface area contributed by atoms with Gasteiger partial charge in [0.25, 0.3) is 0 Å². The Bertz CT molecular complexity index is 169. The zero-order chi connectivity index (χ0) is 9.86. The van der Waals surface area contributed by atoms with E-state index >= 15 is 0 Å². The highest BCUT2D eigenvalue weighted by atomic mass is 16.3. The second kappa shape index (κ2) is 4.63. The van der Waals surface area contributed by atoms with Crippen molar-refractivity contribution in [1.82, 2.24) is 5.32 Å². The van der Waals surface area contributed by atoms with Crippen molar-refractivity contribution in [1.29, 1.82) is 0 Å². The molecule has 2 aliphatic rings. The molecule has 1 heterocycles. The Labute approximate surface area is 87.1 Å². The van der Waals surface area contributed by atoms with Gasteiger partial charge in [-0.2, -0.15) is 0 Å². The number of rotatable bonds is 2.